The van der Waals surface area contributed by atoms with E-state index in [1.807, 2.05) is 85.1 Å². The van der Waals surface area contributed by atoms with E-state index >= 15 is 0 Å². The Labute approximate surface area is 167 Å². The Morgan fingerprint density at radius 3 is 2.69 bits per heavy atom. The molecule has 0 saturated heterocycles. The number of aromatic amines is 1. The predicted octanol–water partition coefficient (Wildman–Crippen LogP) is 5.76. The number of nitrogens with zero attached hydrogens (tertiary/aromatic N) is 1. The van der Waals surface area contributed by atoms with Gasteiger partial charge in [-0.2, -0.15) is 0 Å². The van der Waals surface area contributed by atoms with E-state index in [0.29, 0.717) is 11.3 Å². The summed E-state index contributed by atoms with van der Waals surface area (Å²) in [6, 6.07) is 24.6. The fourth-order valence-electron chi connectivity index (χ4n) is 3.39. The maximum atomic E-state index is 12.8. The second kappa shape index (κ2) is 7.13. The van der Waals surface area contributed by atoms with Crippen molar-refractivity contribution >= 4 is 33.4 Å². The van der Waals surface area contributed by atoms with Gasteiger partial charge in [-0.3, -0.25) is 4.79 Å². The zero-order chi connectivity index (χ0) is 19.6. The number of H-pyrrole nitrogens is 1. The first kappa shape index (κ1) is 17.0. The summed E-state index contributed by atoms with van der Waals surface area (Å²) >= 11 is 0. The lowest BCUT2D eigenvalue weighted by atomic mass is 10.0. The molecule has 5 rings (SSSR count). The average Bonchev–Trinajstić information content (AvgIpc) is 3.24. The highest BCUT2D eigenvalue weighted by molar-refractivity contribution is 6.13. The molecule has 2 N–H and O–H groups in total. The molecule has 2 heterocycles. The molecule has 0 unspecified atom stereocenters. The van der Waals surface area contributed by atoms with Crippen molar-refractivity contribution in [2.75, 3.05) is 5.32 Å². The normalized spacial score (nSPS) is 10.9. The maximum Gasteiger partial charge on any atom is 0.256 e. The molecule has 1 amide bonds. The van der Waals surface area contributed by atoms with Crippen LogP contribution in [-0.2, 0) is 0 Å². The molecule has 5 aromatic rings. The quantitative estimate of drug-likeness (QED) is 0.417. The number of nitrogens with one attached hydrogen (secondary N) is 2. The van der Waals surface area contributed by atoms with Gasteiger partial charge in [0.25, 0.3) is 5.91 Å². The molecule has 0 radical (unpaired) electrons. The van der Waals surface area contributed by atoms with Crippen molar-refractivity contribution < 1.29 is 9.53 Å². The minimum atomic E-state index is -0.140. The van der Waals surface area contributed by atoms with Gasteiger partial charge in [0.05, 0.1) is 5.39 Å². The van der Waals surface area contributed by atoms with Gasteiger partial charge in [0.1, 0.15) is 17.1 Å². The third-order valence-corrected chi connectivity index (χ3v) is 4.78. The minimum absolute atomic E-state index is 0.140. The van der Waals surface area contributed by atoms with Crippen LogP contribution in [0.5, 0.6) is 11.5 Å². The van der Waals surface area contributed by atoms with Gasteiger partial charge in [-0.15, -0.1) is 0 Å². The molecule has 0 atom stereocenters. The second-order valence-electron chi connectivity index (χ2n) is 6.66. The number of hydrogen-bond donors (Lipinski definition) is 2. The molecular formula is C24H17N3O2. The van der Waals surface area contributed by atoms with Gasteiger partial charge in [-0.1, -0.05) is 30.3 Å². The maximum absolute atomic E-state index is 12.8. The van der Waals surface area contributed by atoms with Gasteiger partial charge >= 0.3 is 0 Å². The molecule has 3 aromatic carbocycles. The van der Waals surface area contributed by atoms with Gasteiger partial charge in [0.15, 0.2) is 0 Å². The summed E-state index contributed by atoms with van der Waals surface area (Å²) in [5.41, 5.74) is 2.17. The van der Waals surface area contributed by atoms with Crippen molar-refractivity contribution in [2.45, 2.75) is 0 Å². The van der Waals surface area contributed by atoms with Gasteiger partial charge in [-0.05, 0) is 59.3 Å². The van der Waals surface area contributed by atoms with E-state index in [4.69, 9.17) is 4.74 Å². The lowest BCUT2D eigenvalue weighted by Gasteiger charge is -2.11. The average molecular weight is 379 g/mol. The number of carbonyl (C=O) groups is 1. The molecule has 0 bridgehead atoms. The fraction of sp³-hybridized carbons (Fsp3) is 0. The van der Waals surface area contributed by atoms with E-state index in [1.54, 1.807) is 6.20 Å². The summed E-state index contributed by atoms with van der Waals surface area (Å²) in [6.07, 6.45) is 3.55. The predicted molar refractivity (Wildman–Crippen MR) is 115 cm³/mol. The third-order valence-electron chi connectivity index (χ3n) is 4.78. The Kier molecular flexibility index (Phi) is 4.18. The first-order valence-electron chi connectivity index (χ1n) is 9.27. The van der Waals surface area contributed by atoms with Crippen molar-refractivity contribution in [3.63, 3.8) is 0 Å². The Morgan fingerprint density at radius 2 is 1.79 bits per heavy atom. The highest BCUT2D eigenvalue weighted by Crippen LogP contribution is 2.31. The van der Waals surface area contributed by atoms with Crippen LogP contribution >= 0.6 is 0 Å². The van der Waals surface area contributed by atoms with E-state index in [1.165, 1.54) is 0 Å². The molecule has 140 valence electrons. The number of benzene rings is 3. The molecule has 0 fully saturated rings. The van der Waals surface area contributed by atoms with Crippen molar-refractivity contribution in [1.82, 2.24) is 9.97 Å². The smallest absolute Gasteiger partial charge is 0.256 e. The van der Waals surface area contributed by atoms with Crippen molar-refractivity contribution in [1.29, 1.82) is 0 Å². The summed E-state index contributed by atoms with van der Waals surface area (Å²) in [5, 5.41) is 5.66. The van der Waals surface area contributed by atoms with Crippen LogP contribution in [0.15, 0.2) is 91.3 Å². The molecule has 29 heavy (non-hydrogen) atoms. The first-order chi connectivity index (χ1) is 14.3. The number of pyridine rings is 1. The first-order valence-corrected chi connectivity index (χ1v) is 9.27. The number of anilines is 1. The van der Waals surface area contributed by atoms with E-state index in [-0.39, 0.29) is 5.91 Å². The lowest BCUT2D eigenvalue weighted by Crippen LogP contribution is -2.12. The largest absolute Gasteiger partial charge is 0.457 e. The molecule has 0 aliphatic rings. The van der Waals surface area contributed by atoms with Gasteiger partial charge < -0.3 is 15.0 Å². The summed E-state index contributed by atoms with van der Waals surface area (Å²) < 4.78 is 6.09. The summed E-state index contributed by atoms with van der Waals surface area (Å²) in [7, 11) is 0. The highest BCUT2D eigenvalue weighted by atomic mass is 16.5. The van der Waals surface area contributed by atoms with E-state index < -0.39 is 0 Å². The number of fused-ring (bicyclic) bond motifs is 2. The number of aromatic nitrogens is 2. The van der Waals surface area contributed by atoms with Gasteiger partial charge in [0.2, 0.25) is 0 Å². The van der Waals surface area contributed by atoms with Gasteiger partial charge in [0, 0.05) is 23.6 Å². The van der Waals surface area contributed by atoms with Crippen LogP contribution in [0.3, 0.4) is 0 Å². The number of amides is 1. The molecule has 0 aliphatic heterocycles. The number of para-hydroxylation sites is 1. The molecule has 0 spiro atoms. The Morgan fingerprint density at radius 1 is 0.897 bits per heavy atom. The van der Waals surface area contributed by atoms with Crippen LogP contribution in [0.25, 0.3) is 21.8 Å². The summed E-state index contributed by atoms with van der Waals surface area (Å²) in [6.45, 7) is 0. The van der Waals surface area contributed by atoms with Crippen LogP contribution in [-0.4, -0.2) is 15.9 Å². The standard InChI is InChI=1S/C24H17N3O2/c28-24(27-17-6-2-1-3-7-17)20-8-4-5-16-15-18(9-10-19(16)20)29-22-12-14-26-23-21(22)11-13-25-23/h1-15H,(H,25,26)(H,27,28). The fourth-order valence-corrected chi connectivity index (χ4v) is 3.39. The van der Waals surface area contributed by atoms with Crippen molar-refractivity contribution in [3.05, 3.63) is 96.8 Å². The van der Waals surface area contributed by atoms with Gasteiger partial charge in [-0.25, -0.2) is 4.98 Å². The number of hydrogen-bond acceptors (Lipinski definition) is 3. The highest BCUT2D eigenvalue weighted by Gasteiger charge is 2.12. The zero-order valence-corrected chi connectivity index (χ0v) is 15.4. The molecule has 0 saturated carbocycles. The monoisotopic (exact) mass is 379 g/mol. The summed E-state index contributed by atoms with van der Waals surface area (Å²) in [4.78, 5) is 20.1. The van der Waals surface area contributed by atoms with Crippen LogP contribution in [0.4, 0.5) is 5.69 Å². The lowest BCUT2D eigenvalue weighted by molar-refractivity contribution is 0.102. The summed E-state index contributed by atoms with van der Waals surface area (Å²) in [5.74, 6) is 1.29. The number of ether oxygens (including phenoxy) is 1. The Balaban J connectivity index is 1.47. The van der Waals surface area contributed by atoms with Crippen LogP contribution in [0.2, 0.25) is 0 Å². The molecule has 5 heteroatoms. The number of rotatable bonds is 4. The Hall–Kier alpha value is -4.12. The Bertz CT molecular complexity index is 1330. The molecule has 0 aliphatic carbocycles. The second-order valence-corrected chi connectivity index (χ2v) is 6.66. The van der Waals surface area contributed by atoms with E-state index in [9.17, 15) is 4.79 Å². The van der Waals surface area contributed by atoms with Crippen LogP contribution in [0.1, 0.15) is 10.4 Å². The number of carbonyl (C=O) groups excluding carboxylic acids is 1. The molecular weight excluding hydrogens is 362 g/mol. The SMILES string of the molecule is O=C(Nc1ccccc1)c1cccc2cc(Oc3ccnc4[nH]ccc34)ccc12. The minimum Gasteiger partial charge on any atom is -0.457 e. The third kappa shape index (κ3) is 3.30. The van der Waals surface area contributed by atoms with Crippen LogP contribution in [0, 0.1) is 0 Å². The zero-order valence-electron chi connectivity index (χ0n) is 15.4. The molecule has 5 nitrogen and oxygen atoms in total. The van der Waals surface area contributed by atoms with Crippen molar-refractivity contribution in [3.8, 4) is 11.5 Å². The van der Waals surface area contributed by atoms with E-state index in [0.717, 1.165) is 33.2 Å². The van der Waals surface area contributed by atoms with Crippen LogP contribution < -0.4 is 10.1 Å². The van der Waals surface area contributed by atoms with E-state index in [2.05, 4.69) is 15.3 Å². The van der Waals surface area contributed by atoms with Crippen molar-refractivity contribution in [2.24, 2.45) is 0 Å². The molecule has 2 aromatic heterocycles. The topological polar surface area (TPSA) is 67.0 Å².